The van der Waals surface area contributed by atoms with Gasteiger partial charge in [-0.05, 0) is 24.6 Å². The maximum atomic E-state index is 13.1. The predicted octanol–water partition coefficient (Wildman–Crippen LogP) is 2.41. The first-order valence-electron chi connectivity index (χ1n) is 7.57. The van der Waals surface area contributed by atoms with Crippen LogP contribution in [0.1, 0.15) is 25.8 Å². The van der Waals surface area contributed by atoms with Gasteiger partial charge < -0.3 is 10.2 Å². The van der Waals surface area contributed by atoms with Crippen molar-refractivity contribution in [2.24, 2.45) is 0 Å². The van der Waals surface area contributed by atoms with Gasteiger partial charge >= 0.3 is 0 Å². The molecule has 134 valence electrons. The van der Waals surface area contributed by atoms with E-state index in [-0.39, 0.29) is 18.3 Å². The smallest absolute Gasteiger partial charge is 0.262 e. The second-order valence-electron chi connectivity index (χ2n) is 5.72. The number of halogens is 3. The topological polar surface area (TPSA) is 61.4 Å². The highest BCUT2D eigenvalue weighted by atomic mass is 35.5. The van der Waals surface area contributed by atoms with Crippen molar-refractivity contribution < 1.29 is 18.4 Å². The van der Waals surface area contributed by atoms with E-state index in [1.165, 1.54) is 6.92 Å². The Kier molecular flexibility index (Phi) is 7.10. The number of anilines is 1. The molecule has 1 saturated heterocycles. The fourth-order valence-corrected chi connectivity index (χ4v) is 2.54. The Bertz CT molecular complexity index is 598. The molecule has 1 aromatic carbocycles. The minimum absolute atomic E-state index is 0. The van der Waals surface area contributed by atoms with E-state index in [0.29, 0.717) is 18.8 Å². The highest BCUT2D eigenvalue weighted by molar-refractivity contribution is 5.95. The molecule has 1 aliphatic heterocycles. The van der Waals surface area contributed by atoms with E-state index in [1.54, 1.807) is 23.1 Å². The molecule has 0 radical (unpaired) electrons. The van der Waals surface area contributed by atoms with Gasteiger partial charge in [-0.2, -0.15) is 0 Å². The third-order valence-corrected chi connectivity index (χ3v) is 3.82. The van der Waals surface area contributed by atoms with Crippen molar-refractivity contribution in [2.75, 3.05) is 18.4 Å². The Morgan fingerprint density at radius 3 is 2.67 bits per heavy atom. The summed E-state index contributed by atoms with van der Waals surface area (Å²) in [4.78, 5) is 25.1. The van der Waals surface area contributed by atoms with Crippen LogP contribution in [0.2, 0.25) is 0 Å². The van der Waals surface area contributed by atoms with Crippen molar-refractivity contribution in [3.8, 4) is 0 Å². The summed E-state index contributed by atoms with van der Waals surface area (Å²) in [5, 5.41) is 5.17. The van der Waals surface area contributed by atoms with Gasteiger partial charge in [0, 0.05) is 32.1 Å². The van der Waals surface area contributed by atoms with Gasteiger partial charge in [0.2, 0.25) is 11.8 Å². The van der Waals surface area contributed by atoms with Gasteiger partial charge in [-0.15, -0.1) is 12.4 Å². The number of nitrogens with zero attached hydrogens (tertiary/aromatic N) is 1. The third kappa shape index (κ3) is 5.42. The highest BCUT2D eigenvalue weighted by Crippen LogP contribution is 2.25. The second kappa shape index (κ2) is 8.39. The van der Waals surface area contributed by atoms with Gasteiger partial charge in [-0.1, -0.05) is 12.1 Å². The molecule has 1 fully saturated rings. The molecule has 1 heterocycles. The van der Waals surface area contributed by atoms with Gasteiger partial charge in [0.15, 0.2) is 0 Å². The number of carbonyl (C=O) groups is 2. The number of rotatable bonds is 5. The van der Waals surface area contributed by atoms with Crippen molar-refractivity contribution in [3.63, 3.8) is 0 Å². The number of hydrogen-bond donors (Lipinski definition) is 2. The molecule has 2 N–H and O–H groups in total. The monoisotopic (exact) mass is 361 g/mol. The van der Waals surface area contributed by atoms with Crippen molar-refractivity contribution >= 4 is 29.9 Å². The number of alkyl halides is 2. The van der Waals surface area contributed by atoms with Crippen LogP contribution >= 0.6 is 12.4 Å². The van der Waals surface area contributed by atoms with E-state index in [0.717, 1.165) is 5.56 Å². The molecule has 0 bridgehead atoms. The fraction of sp³-hybridized carbons (Fsp3) is 0.500. The van der Waals surface area contributed by atoms with Gasteiger partial charge in [-0.25, -0.2) is 8.78 Å². The Balaban J connectivity index is 0.00000288. The number of nitrogens with one attached hydrogen (secondary N) is 2. The van der Waals surface area contributed by atoms with E-state index in [9.17, 15) is 18.4 Å². The molecule has 2 rings (SSSR count). The Morgan fingerprint density at radius 2 is 2.12 bits per heavy atom. The number of carbonyl (C=O) groups excluding carboxylic acids is 2. The summed E-state index contributed by atoms with van der Waals surface area (Å²) in [6.45, 7) is 3.94. The average Bonchev–Trinajstić information content (AvgIpc) is 2.85. The maximum absolute atomic E-state index is 13.1. The SMILES string of the molecule is CCN(Cc1cccc(NC(=O)C2CC(F)(F)CN2)c1)C(C)=O.Cl. The van der Waals surface area contributed by atoms with E-state index >= 15 is 0 Å². The van der Waals surface area contributed by atoms with Crippen molar-refractivity contribution in [1.82, 2.24) is 10.2 Å². The summed E-state index contributed by atoms with van der Waals surface area (Å²) in [6, 6.07) is 6.16. The average molecular weight is 362 g/mol. The molecular formula is C16H22ClF2N3O2. The van der Waals surface area contributed by atoms with Crippen molar-refractivity contribution in [3.05, 3.63) is 29.8 Å². The molecule has 0 aromatic heterocycles. The van der Waals surface area contributed by atoms with E-state index in [1.807, 2.05) is 13.0 Å². The number of benzene rings is 1. The zero-order chi connectivity index (χ0) is 17.0. The van der Waals surface area contributed by atoms with Crippen LogP contribution in [-0.2, 0) is 16.1 Å². The fourth-order valence-electron chi connectivity index (χ4n) is 2.54. The summed E-state index contributed by atoms with van der Waals surface area (Å²) in [5.41, 5.74) is 1.40. The predicted molar refractivity (Wildman–Crippen MR) is 90.4 cm³/mol. The van der Waals surface area contributed by atoms with Gasteiger partial charge in [0.25, 0.3) is 5.92 Å². The van der Waals surface area contributed by atoms with Gasteiger partial charge in [0.05, 0.1) is 12.6 Å². The van der Waals surface area contributed by atoms with Crippen LogP contribution in [0.4, 0.5) is 14.5 Å². The second-order valence-corrected chi connectivity index (χ2v) is 5.72. The number of amides is 2. The van der Waals surface area contributed by atoms with Crippen LogP contribution in [0.25, 0.3) is 0 Å². The molecule has 1 atom stereocenters. The van der Waals surface area contributed by atoms with Crippen LogP contribution in [0, 0.1) is 0 Å². The first-order chi connectivity index (χ1) is 10.8. The molecule has 0 spiro atoms. The summed E-state index contributed by atoms with van der Waals surface area (Å²) in [6.07, 6.45) is -0.494. The van der Waals surface area contributed by atoms with Crippen LogP contribution in [-0.4, -0.2) is 41.8 Å². The lowest BCUT2D eigenvalue weighted by Crippen LogP contribution is -2.35. The lowest BCUT2D eigenvalue weighted by Gasteiger charge is -2.19. The molecular weight excluding hydrogens is 340 g/mol. The molecule has 8 heteroatoms. The molecule has 24 heavy (non-hydrogen) atoms. The van der Waals surface area contributed by atoms with Crippen LogP contribution < -0.4 is 10.6 Å². The van der Waals surface area contributed by atoms with Crippen LogP contribution in [0.15, 0.2) is 24.3 Å². The molecule has 0 saturated carbocycles. The highest BCUT2D eigenvalue weighted by Gasteiger charge is 2.42. The third-order valence-electron chi connectivity index (χ3n) is 3.82. The molecule has 0 aliphatic carbocycles. The van der Waals surface area contributed by atoms with Crippen molar-refractivity contribution in [2.45, 2.75) is 38.8 Å². The van der Waals surface area contributed by atoms with Gasteiger partial charge in [0.1, 0.15) is 0 Å². The Labute approximate surface area is 146 Å². The minimum Gasteiger partial charge on any atom is -0.339 e. The molecule has 2 amide bonds. The zero-order valence-corrected chi connectivity index (χ0v) is 14.5. The van der Waals surface area contributed by atoms with Crippen LogP contribution in [0.3, 0.4) is 0 Å². The first kappa shape index (κ1) is 20.3. The summed E-state index contributed by atoms with van der Waals surface area (Å²) in [5.74, 6) is -3.34. The van der Waals surface area contributed by atoms with E-state index in [4.69, 9.17) is 0 Å². The van der Waals surface area contributed by atoms with Crippen molar-refractivity contribution in [1.29, 1.82) is 0 Å². The summed E-state index contributed by atoms with van der Waals surface area (Å²) >= 11 is 0. The normalized spacial score (nSPS) is 18.6. The lowest BCUT2D eigenvalue weighted by molar-refractivity contribution is -0.129. The summed E-state index contributed by atoms with van der Waals surface area (Å²) < 4.78 is 26.3. The molecule has 5 nitrogen and oxygen atoms in total. The molecule has 1 aromatic rings. The molecule has 1 unspecified atom stereocenters. The van der Waals surface area contributed by atoms with E-state index < -0.39 is 30.8 Å². The quantitative estimate of drug-likeness (QED) is 0.846. The zero-order valence-electron chi connectivity index (χ0n) is 13.6. The van der Waals surface area contributed by atoms with E-state index in [2.05, 4.69) is 10.6 Å². The number of hydrogen-bond acceptors (Lipinski definition) is 3. The Hall–Kier alpha value is -1.73. The maximum Gasteiger partial charge on any atom is 0.262 e. The standard InChI is InChI=1S/C16H21F2N3O2.ClH/c1-3-21(11(2)22)9-12-5-4-6-13(7-12)20-15(23)14-8-16(17,18)10-19-14;/h4-7,14,19H,3,8-10H2,1-2H3,(H,20,23);1H. The first-order valence-corrected chi connectivity index (χ1v) is 7.57. The lowest BCUT2D eigenvalue weighted by atomic mass is 10.1. The van der Waals surface area contributed by atoms with Gasteiger partial charge in [-0.3, -0.25) is 14.9 Å². The molecule has 1 aliphatic rings. The largest absolute Gasteiger partial charge is 0.339 e. The Morgan fingerprint density at radius 1 is 1.42 bits per heavy atom. The van der Waals surface area contributed by atoms with Crippen LogP contribution in [0.5, 0.6) is 0 Å². The minimum atomic E-state index is -2.84. The summed E-state index contributed by atoms with van der Waals surface area (Å²) in [7, 11) is 0.